The van der Waals surface area contributed by atoms with Crippen molar-refractivity contribution in [1.29, 1.82) is 0 Å². The third-order valence-corrected chi connectivity index (χ3v) is 4.68. The van der Waals surface area contributed by atoms with E-state index in [1.165, 1.54) is 0 Å². The average Bonchev–Trinajstić information content (AvgIpc) is 3.46. The molecule has 3 aromatic heterocycles. The second-order valence-electron chi connectivity index (χ2n) is 6.49. The van der Waals surface area contributed by atoms with Gasteiger partial charge in [-0.25, -0.2) is 9.97 Å². The summed E-state index contributed by atoms with van der Waals surface area (Å²) in [6.45, 7) is 0. The number of terminal acetylenes is 2. The van der Waals surface area contributed by atoms with Gasteiger partial charge in [-0.3, -0.25) is 0 Å². The zero-order valence-electron chi connectivity index (χ0n) is 14.8. The Bertz CT molecular complexity index is 1430. The van der Waals surface area contributed by atoms with Gasteiger partial charge in [-0.2, -0.15) is 0 Å². The number of hydrogen-bond donors (Lipinski definition) is 2. The molecule has 4 nitrogen and oxygen atoms in total. The fourth-order valence-electron chi connectivity index (χ4n) is 3.37. The Kier molecular flexibility index (Phi) is 3.50. The second kappa shape index (κ2) is 6.16. The van der Waals surface area contributed by atoms with E-state index in [0.717, 1.165) is 27.8 Å². The summed E-state index contributed by atoms with van der Waals surface area (Å²) in [6.07, 6.45) is 19.2. The van der Waals surface area contributed by atoms with Crippen LogP contribution < -0.4 is 0 Å². The maximum Gasteiger partial charge on any atom is 0.0816 e. The van der Waals surface area contributed by atoms with Gasteiger partial charge in [0.25, 0.3) is 0 Å². The number of hydrogen-bond acceptors (Lipinski definition) is 2. The fraction of sp³-hybridized carbons (Fsp3) is 0. The topological polar surface area (TPSA) is 57.4 Å². The van der Waals surface area contributed by atoms with Crippen LogP contribution in [0.5, 0.6) is 0 Å². The van der Waals surface area contributed by atoms with Crippen molar-refractivity contribution in [3.63, 3.8) is 0 Å². The molecule has 3 aromatic rings. The molecule has 0 fully saturated rings. The highest BCUT2D eigenvalue weighted by atomic mass is 14.8. The number of H-pyrrole nitrogens is 2. The minimum absolute atomic E-state index is 0.641. The third-order valence-electron chi connectivity index (χ3n) is 4.68. The molecule has 0 radical (unpaired) electrons. The molecule has 5 heterocycles. The third kappa shape index (κ3) is 2.61. The molecule has 0 saturated carbocycles. The molecule has 8 bridgehead atoms. The predicted molar refractivity (Wildman–Crippen MR) is 115 cm³/mol. The van der Waals surface area contributed by atoms with E-state index >= 15 is 0 Å². The van der Waals surface area contributed by atoms with Crippen molar-refractivity contribution in [3.05, 3.63) is 70.3 Å². The van der Waals surface area contributed by atoms with Crippen LogP contribution in [0.4, 0.5) is 0 Å². The van der Waals surface area contributed by atoms with Crippen LogP contribution in [-0.4, -0.2) is 19.9 Å². The van der Waals surface area contributed by atoms with Gasteiger partial charge in [-0.15, -0.1) is 12.8 Å². The number of aromatic nitrogens is 4. The molecule has 5 rings (SSSR count). The normalized spacial score (nSPS) is 11.9. The van der Waals surface area contributed by atoms with E-state index in [0.29, 0.717) is 28.2 Å². The molecule has 0 aromatic carbocycles. The lowest BCUT2D eigenvalue weighted by Gasteiger charge is -1.95. The standard InChI is InChI=1S/C24H14N4/c1-3-19-21-9-7-17(26-21)13-15-5-6-16(25-15)14-18-8-10-22(27-18)20(4-2)24-12-11-23(19)28-24/h1-2,5-14,25-26H. The Labute approximate surface area is 161 Å². The lowest BCUT2D eigenvalue weighted by Crippen LogP contribution is -1.89. The van der Waals surface area contributed by atoms with Gasteiger partial charge < -0.3 is 9.97 Å². The SMILES string of the molecule is C#Cc1c2nc(cc3ccc(cc4ccc([nH]4)c(C#C)c4nc1C=C4)[nH]3)C=C2. The first-order valence-corrected chi connectivity index (χ1v) is 8.77. The summed E-state index contributed by atoms with van der Waals surface area (Å²) in [5.41, 5.74) is 7.97. The monoisotopic (exact) mass is 358 g/mol. The van der Waals surface area contributed by atoms with Crippen LogP contribution >= 0.6 is 0 Å². The van der Waals surface area contributed by atoms with Gasteiger partial charge in [-0.05, 0) is 60.7 Å². The van der Waals surface area contributed by atoms with E-state index < -0.39 is 0 Å². The average molecular weight is 358 g/mol. The molecule has 0 amide bonds. The minimum atomic E-state index is 0.641. The number of fused-ring (bicyclic) bond motifs is 8. The van der Waals surface area contributed by atoms with Crippen molar-refractivity contribution in [3.8, 4) is 24.7 Å². The highest BCUT2D eigenvalue weighted by Gasteiger charge is 2.12. The molecular formula is C24H14N4. The molecule has 130 valence electrons. The van der Waals surface area contributed by atoms with Crippen molar-refractivity contribution >= 4 is 46.4 Å². The Balaban J connectivity index is 1.95. The quantitative estimate of drug-likeness (QED) is 0.397. The molecule has 4 heteroatoms. The molecule has 2 aliphatic rings. The molecular weight excluding hydrogens is 344 g/mol. The first-order chi connectivity index (χ1) is 13.7. The molecule has 2 N–H and O–H groups in total. The molecule has 0 aliphatic carbocycles. The van der Waals surface area contributed by atoms with Crippen LogP contribution in [0.3, 0.4) is 0 Å². The molecule has 0 atom stereocenters. The Hall–Kier alpha value is -4.28. The largest absolute Gasteiger partial charge is 0.355 e. The highest BCUT2D eigenvalue weighted by molar-refractivity contribution is 5.83. The van der Waals surface area contributed by atoms with Gasteiger partial charge in [0.2, 0.25) is 0 Å². The summed E-state index contributed by atoms with van der Waals surface area (Å²) < 4.78 is 0. The van der Waals surface area contributed by atoms with Crippen molar-refractivity contribution in [2.24, 2.45) is 0 Å². The molecule has 2 aliphatic heterocycles. The van der Waals surface area contributed by atoms with Crippen molar-refractivity contribution in [2.75, 3.05) is 0 Å². The van der Waals surface area contributed by atoms with Gasteiger partial charge in [0.1, 0.15) is 0 Å². The zero-order valence-corrected chi connectivity index (χ0v) is 14.8. The Morgan fingerprint density at radius 1 is 0.643 bits per heavy atom. The van der Waals surface area contributed by atoms with E-state index in [2.05, 4.69) is 31.8 Å². The molecule has 0 unspecified atom stereocenters. The zero-order chi connectivity index (χ0) is 19.1. The summed E-state index contributed by atoms with van der Waals surface area (Å²) in [4.78, 5) is 16.1. The van der Waals surface area contributed by atoms with Crippen LogP contribution in [0.1, 0.15) is 33.9 Å². The summed E-state index contributed by atoms with van der Waals surface area (Å²) in [5, 5.41) is 0. The summed E-state index contributed by atoms with van der Waals surface area (Å²) >= 11 is 0. The van der Waals surface area contributed by atoms with Crippen LogP contribution in [0.25, 0.3) is 46.4 Å². The summed E-state index contributed by atoms with van der Waals surface area (Å²) in [5.74, 6) is 5.48. The van der Waals surface area contributed by atoms with Gasteiger partial charge in [-0.1, -0.05) is 11.8 Å². The van der Waals surface area contributed by atoms with E-state index in [9.17, 15) is 0 Å². The van der Waals surface area contributed by atoms with E-state index in [4.69, 9.17) is 12.8 Å². The lowest BCUT2D eigenvalue weighted by molar-refractivity contribution is 1.25. The summed E-state index contributed by atoms with van der Waals surface area (Å²) in [6, 6.07) is 12.0. The van der Waals surface area contributed by atoms with E-state index in [1.54, 1.807) is 0 Å². The Morgan fingerprint density at radius 3 is 2.04 bits per heavy atom. The number of nitrogens with zero attached hydrogens (tertiary/aromatic N) is 2. The van der Waals surface area contributed by atoms with E-state index in [1.807, 2.05) is 60.7 Å². The maximum absolute atomic E-state index is 5.79. The van der Waals surface area contributed by atoms with Crippen molar-refractivity contribution in [2.45, 2.75) is 0 Å². The second-order valence-corrected chi connectivity index (χ2v) is 6.49. The highest BCUT2D eigenvalue weighted by Crippen LogP contribution is 2.23. The van der Waals surface area contributed by atoms with Gasteiger partial charge in [0, 0.05) is 16.6 Å². The molecule has 0 spiro atoms. The number of aromatic amines is 2. The first kappa shape index (κ1) is 15.9. The predicted octanol–water partition coefficient (Wildman–Crippen LogP) is 4.62. The first-order valence-electron chi connectivity index (χ1n) is 8.77. The molecule has 0 saturated heterocycles. The van der Waals surface area contributed by atoms with Crippen molar-refractivity contribution < 1.29 is 0 Å². The minimum Gasteiger partial charge on any atom is -0.355 e. The van der Waals surface area contributed by atoms with Gasteiger partial charge in [0.15, 0.2) is 0 Å². The van der Waals surface area contributed by atoms with Crippen molar-refractivity contribution in [1.82, 2.24) is 19.9 Å². The van der Waals surface area contributed by atoms with Gasteiger partial charge >= 0.3 is 0 Å². The smallest absolute Gasteiger partial charge is 0.0816 e. The van der Waals surface area contributed by atoms with E-state index in [-0.39, 0.29) is 0 Å². The number of nitrogens with one attached hydrogen (secondary N) is 2. The fourth-order valence-corrected chi connectivity index (χ4v) is 3.37. The van der Waals surface area contributed by atoms with Gasteiger partial charge in [0.05, 0.1) is 39.4 Å². The number of rotatable bonds is 0. The van der Waals surface area contributed by atoms with Crippen LogP contribution in [-0.2, 0) is 0 Å². The summed E-state index contributed by atoms with van der Waals surface area (Å²) in [7, 11) is 0. The Morgan fingerprint density at radius 2 is 1.25 bits per heavy atom. The lowest BCUT2D eigenvalue weighted by atomic mass is 10.1. The maximum atomic E-state index is 5.79. The van der Waals surface area contributed by atoms with Crippen LogP contribution in [0, 0.1) is 24.7 Å². The molecule has 28 heavy (non-hydrogen) atoms. The van der Waals surface area contributed by atoms with Crippen LogP contribution in [0.15, 0.2) is 36.4 Å². The van der Waals surface area contributed by atoms with Crippen LogP contribution in [0.2, 0.25) is 0 Å².